The minimum Gasteiger partial charge on any atom is -0.465 e. The summed E-state index contributed by atoms with van der Waals surface area (Å²) >= 11 is 0. The Bertz CT molecular complexity index is 753. The summed E-state index contributed by atoms with van der Waals surface area (Å²) in [7, 11) is 0. The van der Waals surface area contributed by atoms with Crippen LogP contribution >= 0.6 is 0 Å². The largest absolute Gasteiger partial charge is 0.465 e. The third kappa shape index (κ3) is 27.4. The number of aliphatic hydroxyl groups excluding tert-OH is 1. The average molecular weight is 740 g/mol. The Morgan fingerprint density at radius 1 is 0.538 bits per heavy atom. The number of unbranched alkanes of at least 4 members (excludes halogenated alkanes) is 13. The SMILES string of the molecule is CCCCCCC(CCCC)COC(=O)CCCCO[C@H]1CN(CCCCCCO)C[C@H]1OCCCCC(=O)OCC(CCCC)CCCCCC. The van der Waals surface area contributed by atoms with Gasteiger partial charge >= 0.3 is 11.9 Å². The van der Waals surface area contributed by atoms with Crippen LogP contribution in [-0.4, -0.2) is 86.8 Å². The van der Waals surface area contributed by atoms with Crippen LogP contribution in [0.1, 0.15) is 195 Å². The van der Waals surface area contributed by atoms with E-state index in [4.69, 9.17) is 24.1 Å². The molecule has 52 heavy (non-hydrogen) atoms. The van der Waals surface area contributed by atoms with Crippen molar-refractivity contribution in [1.29, 1.82) is 0 Å². The molecular weight excluding hydrogens is 654 g/mol. The summed E-state index contributed by atoms with van der Waals surface area (Å²) in [5, 5.41) is 9.09. The molecule has 4 atom stereocenters. The van der Waals surface area contributed by atoms with Gasteiger partial charge in [0.15, 0.2) is 0 Å². The normalized spacial score (nSPS) is 17.4. The summed E-state index contributed by atoms with van der Waals surface area (Å²) in [5.41, 5.74) is 0. The standard InChI is InChI=1S/C44H85NO7/c1-5-9-13-17-27-39(25-11-7-3)37-51-43(47)29-19-23-33-49-41-35-45(31-21-15-16-22-32-46)36-42(41)50-34-24-20-30-44(48)52-38-40(26-12-8-4)28-18-14-10-6-2/h39-42,46H,5-38H2,1-4H3/t39?,40?,41-,42+. The molecule has 0 radical (unpaired) electrons. The molecule has 1 fully saturated rings. The summed E-state index contributed by atoms with van der Waals surface area (Å²) in [4.78, 5) is 27.5. The molecule has 8 nitrogen and oxygen atoms in total. The molecule has 0 aromatic rings. The molecule has 0 amide bonds. The highest BCUT2D eigenvalue weighted by Crippen LogP contribution is 2.22. The highest BCUT2D eigenvalue weighted by molar-refractivity contribution is 5.69. The predicted molar refractivity (Wildman–Crippen MR) is 215 cm³/mol. The van der Waals surface area contributed by atoms with Gasteiger partial charge in [-0.05, 0) is 82.6 Å². The first-order valence-electron chi connectivity index (χ1n) is 22.3. The molecule has 0 aliphatic carbocycles. The smallest absolute Gasteiger partial charge is 0.305 e. The molecule has 8 heteroatoms. The van der Waals surface area contributed by atoms with Crippen LogP contribution in [0.25, 0.3) is 0 Å². The van der Waals surface area contributed by atoms with Crippen molar-refractivity contribution in [3.05, 3.63) is 0 Å². The van der Waals surface area contributed by atoms with Gasteiger partial charge in [0.1, 0.15) is 0 Å². The van der Waals surface area contributed by atoms with Crippen LogP contribution in [-0.2, 0) is 28.5 Å². The number of nitrogens with zero attached hydrogens (tertiary/aromatic N) is 1. The molecule has 1 rings (SSSR count). The van der Waals surface area contributed by atoms with Crippen molar-refractivity contribution >= 4 is 11.9 Å². The van der Waals surface area contributed by atoms with E-state index in [0.29, 0.717) is 51.1 Å². The highest BCUT2D eigenvalue weighted by atomic mass is 16.5. The average Bonchev–Trinajstić information content (AvgIpc) is 3.54. The second-order valence-electron chi connectivity index (χ2n) is 15.7. The zero-order valence-corrected chi connectivity index (χ0v) is 34.7. The van der Waals surface area contributed by atoms with Gasteiger partial charge in [0.2, 0.25) is 0 Å². The monoisotopic (exact) mass is 740 g/mol. The number of hydrogen-bond acceptors (Lipinski definition) is 8. The maximum absolute atomic E-state index is 12.5. The lowest BCUT2D eigenvalue weighted by atomic mass is 9.96. The second-order valence-corrected chi connectivity index (χ2v) is 15.7. The van der Waals surface area contributed by atoms with Gasteiger partial charge in [-0.25, -0.2) is 0 Å². The van der Waals surface area contributed by atoms with Crippen molar-refractivity contribution in [3.63, 3.8) is 0 Å². The Morgan fingerprint density at radius 2 is 0.962 bits per heavy atom. The zero-order chi connectivity index (χ0) is 37.9. The number of carbonyl (C=O) groups excluding carboxylic acids is 2. The summed E-state index contributed by atoms with van der Waals surface area (Å²) in [6.45, 7) is 14.3. The second kappa shape index (κ2) is 35.5. The van der Waals surface area contributed by atoms with Crippen molar-refractivity contribution < 1.29 is 33.6 Å². The van der Waals surface area contributed by atoms with Crippen molar-refractivity contribution in [2.24, 2.45) is 11.8 Å². The lowest BCUT2D eigenvalue weighted by Gasteiger charge is -2.20. The van der Waals surface area contributed by atoms with Gasteiger partial charge in [-0.3, -0.25) is 14.5 Å². The summed E-state index contributed by atoms with van der Waals surface area (Å²) < 4.78 is 24.2. The van der Waals surface area contributed by atoms with Crippen molar-refractivity contribution in [1.82, 2.24) is 4.90 Å². The van der Waals surface area contributed by atoms with Crippen molar-refractivity contribution in [2.45, 2.75) is 207 Å². The Morgan fingerprint density at radius 3 is 1.40 bits per heavy atom. The lowest BCUT2D eigenvalue weighted by molar-refractivity contribution is -0.146. The summed E-state index contributed by atoms with van der Waals surface area (Å²) in [6.07, 6.45) is 27.8. The van der Waals surface area contributed by atoms with Crippen LogP contribution < -0.4 is 0 Å². The van der Waals surface area contributed by atoms with Crippen molar-refractivity contribution in [3.8, 4) is 0 Å². The Balaban J connectivity index is 2.41. The number of aliphatic hydroxyl groups is 1. The van der Waals surface area contributed by atoms with Gasteiger partial charge in [0, 0.05) is 45.8 Å². The molecule has 1 N–H and O–H groups in total. The fourth-order valence-electron chi connectivity index (χ4n) is 7.23. The van der Waals surface area contributed by atoms with E-state index in [1.54, 1.807) is 0 Å². The van der Waals surface area contributed by atoms with Gasteiger partial charge in [0.25, 0.3) is 0 Å². The van der Waals surface area contributed by atoms with E-state index < -0.39 is 0 Å². The Hall–Kier alpha value is -1.22. The maximum Gasteiger partial charge on any atom is 0.305 e. The molecule has 0 aromatic heterocycles. The molecule has 1 saturated heterocycles. The number of esters is 2. The fourth-order valence-corrected chi connectivity index (χ4v) is 7.23. The van der Waals surface area contributed by atoms with E-state index in [1.807, 2.05) is 0 Å². The quantitative estimate of drug-likeness (QED) is 0.0494. The summed E-state index contributed by atoms with van der Waals surface area (Å²) in [5.74, 6) is 0.833. The minimum atomic E-state index is -0.0768. The van der Waals surface area contributed by atoms with Crippen LogP contribution in [0.4, 0.5) is 0 Å². The molecule has 0 spiro atoms. The van der Waals surface area contributed by atoms with E-state index in [2.05, 4.69) is 32.6 Å². The van der Waals surface area contributed by atoms with E-state index >= 15 is 0 Å². The first kappa shape index (κ1) is 48.8. The van der Waals surface area contributed by atoms with E-state index in [9.17, 15) is 9.59 Å². The zero-order valence-electron chi connectivity index (χ0n) is 34.7. The molecule has 1 heterocycles. The Labute approximate surface area is 321 Å². The topological polar surface area (TPSA) is 94.5 Å². The molecule has 1 aliphatic heterocycles. The summed E-state index contributed by atoms with van der Waals surface area (Å²) in [6, 6.07) is 0. The first-order chi connectivity index (χ1) is 25.5. The number of rotatable bonds is 38. The third-order valence-electron chi connectivity index (χ3n) is 10.7. The van der Waals surface area contributed by atoms with Crippen LogP contribution in [0.15, 0.2) is 0 Å². The van der Waals surface area contributed by atoms with Gasteiger partial charge in [0.05, 0.1) is 25.4 Å². The van der Waals surface area contributed by atoms with Crippen LogP contribution in [0.2, 0.25) is 0 Å². The van der Waals surface area contributed by atoms with E-state index in [-0.39, 0.29) is 30.8 Å². The molecule has 0 aromatic carbocycles. The van der Waals surface area contributed by atoms with Crippen molar-refractivity contribution in [2.75, 3.05) is 52.7 Å². The van der Waals surface area contributed by atoms with Gasteiger partial charge in [-0.15, -0.1) is 0 Å². The van der Waals surface area contributed by atoms with Gasteiger partial charge in [-0.2, -0.15) is 0 Å². The molecule has 1 aliphatic rings. The first-order valence-corrected chi connectivity index (χ1v) is 22.3. The number of ether oxygens (including phenoxy) is 4. The minimum absolute atomic E-state index is 0.0128. The number of hydrogen-bond donors (Lipinski definition) is 1. The molecule has 308 valence electrons. The third-order valence-corrected chi connectivity index (χ3v) is 10.7. The van der Waals surface area contributed by atoms with Crippen LogP contribution in [0, 0.1) is 11.8 Å². The molecule has 0 saturated carbocycles. The molecule has 0 bridgehead atoms. The van der Waals surface area contributed by atoms with Gasteiger partial charge in [-0.1, -0.05) is 118 Å². The number of likely N-dealkylation sites (tertiary alicyclic amines) is 1. The van der Waals surface area contributed by atoms with Gasteiger partial charge < -0.3 is 24.1 Å². The van der Waals surface area contributed by atoms with E-state index in [1.165, 1.54) is 77.0 Å². The fraction of sp³-hybridized carbons (Fsp3) is 0.955. The Kier molecular flexibility index (Phi) is 33.3. The number of carbonyl (C=O) groups is 2. The van der Waals surface area contributed by atoms with Crippen LogP contribution in [0.5, 0.6) is 0 Å². The predicted octanol–water partition coefficient (Wildman–Crippen LogP) is 10.6. The maximum atomic E-state index is 12.5. The van der Waals surface area contributed by atoms with E-state index in [0.717, 1.165) is 96.7 Å². The van der Waals surface area contributed by atoms with Crippen LogP contribution in [0.3, 0.4) is 0 Å². The molecule has 2 unspecified atom stereocenters. The highest BCUT2D eigenvalue weighted by Gasteiger charge is 2.34. The molecular formula is C44H85NO7. The lowest BCUT2D eigenvalue weighted by Crippen LogP contribution is -2.30.